The number of nitriles is 1. The van der Waals surface area contributed by atoms with Crippen molar-refractivity contribution in [2.75, 3.05) is 5.75 Å². The number of thiophene rings is 1. The van der Waals surface area contributed by atoms with Crippen molar-refractivity contribution in [3.05, 3.63) is 41.0 Å². The minimum absolute atomic E-state index is 0.527. The van der Waals surface area contributed by atoms with E-state index in [0.29, 0.717) is 6.42 Å². The first-order valence-corrected chi connectivity index (χ1v) is 8.88. The highest BCUT2D eigenvalue weighted by Crippen LogP contribution is 2.38. The number of hydrogen-bond donors (Lipinski definition) is 0. The van der Waals surface area contributed by atoms with E-state index in [1.807, 2.05) is 6.92 Å². The maximum Gasteiger partial charge on any atom is 0.128 e. The van der Waals surface area contributed by atoms with Gasteiger partial charge in [0, 0.05) is 23.1 Å². The first-order chi connectivity index (χ1) is 10.7. The van der Waals surface area contributed by atoms with Crippen LogP contribution in [0.1, 0.15) is 17.8 Å². The largest absolute Gasteiger partial charge is 0.226 e. The average molecular weight is 325 g/mol. The predicted molar refractivity (Wildman–Crippen MR) is 93.3 cm³/mol. The van der Waals surface area contributed by atoms with E-state index in [0.717, 1.165) is 26.8 Å². The van der Waals surface area contributed by atoms with E-state index >= 15 is 0 Å². The van der Waals surface area contributed by atoms with Crippen LogP contribution in [-0.2, 0) is 0 Å². The van der Waals surface area contributed by atoms with Crippen LogP contribution in [0.5, 0.6) is 0 Å². The van der Waals surface area contributed by atoms with Crippen LogP contribution in [0.4, 0.5) is 0 Å². The maximum absolute atomic E-state index is 8.74. The van der Waals surface area contributed by atoms with Crippen LogP contribution >= 0.6 is 23.1 Å². The third-order valence-corrected chi connectivity index (χ3v) is 5.18. The summed E-state index contributed by atoms with van der Waals surface area (Å²) < 4.78 is 0. The van der Waals surface area contributed by atoms with Gasteiger partial charge in [0.05, 0.1) is 11.5 Å². The Morgan fingerprint density at radius 3 is 2.68 bits per heavy atom. The average Bonchev–Trinajstić information content (AvgIpc) is 2.92. The fraction of sp³-hybridized carbons (Fsp3) is 0.235. The van der Waals surface area contributed by atoms with Crippen molar-refractivity contribution >= 4 is 33.3 Å². The van der Waals surface area contributed by atoms with Crippen LogP contribution in [0.3, 0.4) is 0 Å². The first kappa shape index (κ1) is 15.0. The second-order valence-electron chi connectivity index (χ2n) is 5.03. The van der Waals surface area contributed by atoms with E-state index in [-0.39, 0.29) is 0 Å². The lowest BCUT2D eigenvalue weighted by atomic mass is 10.1. The van der Waals surface area contributed by atoms with Crippen LogP contribution in [0.25, 0.3) is 21.3 Å². The van der Waals surface area contributed by atoms with Gasteiger partial charge in [-0.2, -0.15) is 5.26 Å². The predicted octanol–water partition coefficient (Wildman–Crippen LogP) is 4.98. The van der Waals surface area contributed by atoms with Gasteiger partial charge in [-0.15, -0.1) is 23.1 Å². The molecule has 0 spiro atoms. The summed E-state index contributed by atoms with van der Waals surface area (Å²) in [5, 5.41) is 13.0. The van der Waals surface area contributed by atoms with Gasteiger partial charge in [0.1, 0.15) is 15.7 Å². The molecule has 0 aliphatic heterocycles. The van der Waals surface area contributed by atoms with Crippen molar-refractivity contribution in [3.63, 3.8) is 0 Å². The zero-order valence-electron chi connectivity index (χ0n) is 12.5. The Morgan fingerprint density at radius 1 is 1.18 bits per heavy atom. The van der Waals surface area contributed by atoms with Gasteiger partial charge in [-0.1, -0.05) is 29.8 Å². The van der Waals surface area contributed by atoms with Gasteiger partial charge in [-0.25, -0.2) is 9.97 Å². The summed E-state index contributed by atoms with van der Waals surface area (Å²) in [6.07, 6.45) is 0.527. The lowest BCUT2D eigenvalue weighted by molar-refractivity contribution is 1.01. The van der Waals surface area contributed by atoms with Crippen molar-refractivity contribution in [1.29, 1.82) is 5.26 Å². The van der Waals surface area contributed by atoms with Gasteiger partial charge in [0.25, 0.3) is 0 Å². The summed E-state index contributed by atoms with van der Waals surface area (Å²) in [6.45, 7) is 4.00. The van der Waals surface area contributed by atoms with Gasteiger partial charge < -0.3 is 0 Å². The van der Waals surface area contributed by atoms with E-state index in [4.69, 9.17) is 5.26 Å². The molecule has 0 saturated heterocycles. The zero-order chi connectivity index (χ0) is 15.5. The van der Waals surface area contributed by atoms with Crippen LogP contribution in [-0.4, -0.2) is 15.7 Å². The summed E-state index contributed by atoms with van der Waals surface area (Å²) >= 11 is 3.29. The Kier molecular flexibility index (Phi) is 4.41. The molecule has 0 saturated carbocycles. The van der Waals surface area contributed by atoms with Crippen molar-refractivity contribution in [2.45, 2.75) is 25.3 Å². The Bertz CT molecular complexity index is 845. The Labute approximate surface area is 138 Å². The first-order valence-electron chi connectivity index (χ1n) is 7.01. The number of benzene rings is 1. The molecule has 22 heavy (non-hydrogen) atoms. The molecule has 0 fully saturated rings. The summed E-state index contributed by atoms with van der Waals surface area (Å²) in [4.78, 5) is 10.2. The molecule has 3 rings (SSSR count). The van der Waals surface area contributed by atoms with Gasteiger partial charge in [0.15, 0.2) is 0 Å². The normalized spacial score (nSPS) is 10.8. The lowest BCUT2D eigenvalue weighted by Gasteiger charge is -2.06. The monoisotopic (exact) mass is 325 g/mol. The molecule has 0 atom stereocenters. The van der Waals surface area contributed by atoms with E-state index in [2.05, 4.69) is 52.6 Å². The minimum atomic E-state index is 0.527. The maximum atomic E-state index is 8.74. The van der Waals surface area contributed by atoms with Crippen molar-refractivity contribution in [2.24, 2.45) is 0 Å². The van der Waals surface area contributed by atoms with E-state index in [1.54, 1.807) is 23.1 Å². The van der Waals surface area contributed by atoms with E-state index in [9.17, 15) is 0 Å². The summed E-state index contributed by atoms with van der Waals surface area (Å²) in [6, 6.07) is 10.7. The number of rotatable bonds is 4. The molecule has 1 aromatic carbocycles. The van der Waals surface area contributed by atoms with Crippen molar-refractivity contribution in [1.82, 2.24) is 9.97 Å². The highest BCUT2D eigenvalue weighted by molar-refractivity contribution is 7.99. The molecule has 3 nitrogen and oxygen atoms in total. The molecule has 0 bridgehead atoms. The number of thioether (sulfide) groups is 1. The Balaban J connectivity index is 2.11. The highest BCUT2D eigenvalue weighted by Gasteiger charge is 2.14. The number of aryl methyl sites for hydroxylation is 2. The molecule has 3 aromatic rings. The summed E-state index contributed by atoms with van der Waals surface area (Å²) in [5.41, 5.74) is 3.62. The molecule has 110 valence electrons. The second kappa shape index (κ2) is 6.47. The number of nitrogens with zero attached hydrogens (tertiary/aromatic N) is 3. The molecule has 0 N–H and O–H groups in total. The molecule has 0 amide bonds. The van der Waals surface area contributed by atoms with Gasteiger partial charge in [-0.05, 0) is 19.4 Å². The zero-order valence-corrected chi connectivity index (χ0v) is 14.1. The molecule has 0 radical (unpaired) electrons. The van der Waals surface area contributed by atoms with Crippen LogP contribution < -0.4 is 0 Å². The smallest absolute Gasteiger partial charge is 0.128 e. The van der Waals surface area contributed by atoms with Crippen LogP contribution in [0.15, 0.2) is 34.7 Å². The van der Waals surface area contributed by atoms with E-state index < -0.39 is 0 Å². The Morgan fingerprint density at radius 2 is 1.95 bits per heavy atom. The van der Waals surface area contributed by atoms with Gasteiger partial charge in [-0.3, -0.25) is 0 Å². The summed E-state index contributed by atoms with van der Waals surface area (Å²) in [7, 11) is 0. The van der Waals surface area contributed by atoms with Gasteiger partial charge in [0.2, 0.25) is 0 Å². The third-order valence-electron chi connectivity index (χ3n) is 3.33. The number of fused-ring (bicyclic) bond motifs is 1. The minimum Gasteiger partial charge on any atom is -0.226 e. The Hall–Kier alpha value is -1.90. The molecular formula is C17H15N3S2. The second-order valence-corrected chi connectivity index (χ2v) is 6.97. The quantitative estimate of drug-likeness (QED) is 0.385. The van der Waals surface area contributed by atoms with Crippen LogP contribution in [0, 0.1) is 25.2 Å². The molecular weight excluding hydrogens is 310 g/mol. The lowest BCUT2D eigenvalue weighted by Crippen LogP contribution is -1.92. The topological polar surface area (TPSA) is 49.6 Å². The molecule has 2 heterocycles. The highest BCUT2D eigenvalue weighted by atomic mass is 32.2. The van der Waals surface area contributed by atoms with E-state index in [1.165, 1.54) is 16.7 Å². The number of aromatic nitrogens is 2. The molecule has 0 aliphatic rings. The fourth-order valence-electron chi connectivity index (χ4n) is 2.25. The molecule has 2 aromatic heterocycles. The van der Waals surface area contributed by atoms with Crippen molar-refractivity contribution < 1.29 is 0 Å². The van der Waals surface area contributed by atoms with Crippen molar-refractivity contribution in [3.8, 4) is 17.2 Å². The van der Waals surface area contributed by atoms with Gasteiger partial charge >= 0.3 is 0 Å². The molecule has 0 aliphatic carbocycles. The SMILES string of the molecule is Cc1ccc(-c2csc3nc(C)nc(SCCC#N)c23)cc1. The van der Waals surface area contributed by atoms with Crippen LogP contribution in [0.2, 0.25) is 0 Å². The fourth-order valence-corrected chi connectivity index (χ4v) is 4.25. The third kappa shape index (κ3) is 2.99. The summed E-state index contributed by atoms with van der Waals surface area (Å²) in [5.74, 6) is 1.54. The molecule has 0 unspecified atom stereocenters. The number of hydrogen-bond acceptors (Lipinski definition) is 5. The molecule has 5 heteroatoms. The standard InChI is InChI=1S/C17H15N3S2/c1-11-4-6-13(7-5-11)14-10-22-17-15(14)16(19-12(2)20-17)21-9-3-8-18/h4-7,10H,3,9H2,1-2H3.